The first-order valence-electron chi connectivity index (χ1n) is 8.68. The summed E-state index contributed by atoms with van der Waals surface area (Å²) < 4.78 is 5.67. The molecule has 0 amide bonds. The van der Waals surface area contributed by atoms with Gasteiger partial charge >= 0.3 is 0 Å². The van der Waals surface area contributed by atoms with Crippen LogP contribution in [-0.4, -0.2) is 16.6 Å². The highest BCUT2D eigenvalue weighted by molar-refractivity contribution is 5.80. The van der Waals surface area contributed by atoms with Gasteiger partial charge < -0.3 is 21.1 Å². The van der Waals surface area contributed by atoms with Gasteiger partial charge in [0.2, 0.25) is 0 Å². The van der Waals surface area contributed by atoms with Crippen LogP contribution in [-0.2, 0) is 0 Å². The van der Waals surface area contributed by atoms with Crippen LogP contribution in [0.5, 0.6) is 5.75 Å². The van der Waals surface area contributed by atoms with Crippen molar-refractivity contribution in [1.29, 1.82) is 0 Å². The zero-order valence-electron chi connectivity index (χ0n) is 14.8. The summed E-state index contributed by atoms with van der Waals surface area (Å²) in [6, 6.07) is 17.5. The molecule has 0 unspecified atom stereocenters. The van der Waals surface area contributed by atoms with Crippen LogP contribution < -0.4 is 21.1 Å². The predicted molar refractivity (Wildman–Crippen MR) is 106 cm³/mol. The van der Waals surface area contributed by atoms with Crippen molar-refractivity contribution >= 4 is 28.7 Å². The SMILES string of the molecule is CCCCOc1ccc(Nc2ncnc(Nc3ccccc3)c2N)cc1. The minimum atomic E-state index is 0.458. The van der Waals surface area contributed by atoms with E-state index >= 15 is 0 Å². The summed E-state index contributed by atoms with van der Waals surface area (Å²) in [5.41, 5.74) is 8.47. The minimum Gasteiger partial charge on any atom is -0.494 e. The number of aromatic nitrogens is 2. The number of hydrogen-bond donors (Lipinski definition) is 3. The van der Waals surface area contributed by atoms with E-state index in [9.17, 15) is 0 Å². The van der Waals surface area contributed by atoms with E-state index in [4.69, 9.17) is 10.5 Å². The highest BCUT2D eigenvalue weighted by Crippen LogP contribution is 2.28. The lowest BCUT2D eigenvalue weighted by Crippen LogP contribution is -2.05. The normalized spacial score (nSPS) is 10.3. The van der Waals surface area contributed by atoms with Crippen molar-refractivity contribution < 1.29 is 4.74 Å². The Kier molecular flexibility index (Phi) is 5.88. The molecule has 0 bridgehead atoms. The number of anilines is 5. The van der Waals surface area contributed by atoms with Crippen LogP contribution in [0.25, 0.3) is 0 Å². The third-order valence-electron chi connectivity index (χ3n) is 3.80. The number of nitrogens with one attached hydrogen (secondary N) is 2. The maximum Gasteiger partial charge on any atom is 0.159 e. The monoisotopic (exact) mass is 349 g/mol. The van der Waals surface area contributed by atoms with E-state index in [1.165, 1.54) is 6.33 Å². The van der Waals surface area contributed by atoms with Gasteiger partial charge in [-0.1, -0.05) is 31.5 Å². The molecule has 0 aliphatic heterocycles. The Morgan fingerprint density at radius 1 is 0.885 bits per heavy atom. The summed E-state index contributed by atoms with van der Waals surface area (Å²) in [5.74, 6) is 1.97. The number of hydrogen-bond acceptors (Lipinski definition) is 6. The van der Waals surface area contributed by atoms with E-state index < -0.39 is 0 Å². The highest BCUT2D eigenvalue weighted by Gasteiger charge is 2.09. The van der Waals surface area contributed by atoms with Crippen LogP contribution >= 0.6 is 0 Å². The molecular formula is C20H23N5O. The molecular weight excluding hydrogens is 326 g/mol. The fourth-order valence-electron chi connectivity index (χ4n) is 2.36. The summed E-state index contributed by atoms with van der Waals surface area (Å²) in [4.78, 5) is 8.46. The molecule has 0 saturated heterocycles. The Morgan fingerprint density at radius 3 is 2.12 bits per heavy atom. The molecule has 0 aliphatic rings. The highest BCUT2D eigenvalue weighted by atomic mass is 16.5. The predicted octanol–water partition coefficient (Wildman–Crippen LogP) is 4.72. The van der Waals surface area contributed by atoms with Gasteiger partial charge in [0.25, 0.3) is 0 Å². The lowest BCUT2D eigenvalue weighted by Gasteiger charge is -2.13. The van der Waals surface area contributed by atoms with Crippen LogP contribution in [0.3, 0.4) is 0 Å². The second-order valence-corrected chi connectivity index (χ2v) is 5.83. The zero-order chi connectivity index (χ0) is 18.2. The molecule has 0 saturated carbocycles. The third kappa shape index (κ3) is 4.63. The van der Waals surface area contributed by atoms with Crippen molar-refractivity contribution in [2.45, 2.75) is 19.8 Å². The number of nitrogen functional groups attached to an aromatic ring is 1. The van der Waals surface area contributed by atoms with Gasteiger partial charge in [0.1, 0.15) is 17.8 Å². The number of unbranched alkanes of at least 4 members (excludes halogenated alkanes) is 1. The Hall–Kier alpha value is -3.28. The van der Waals surface area contributed by atoms with Crippen LogP contribution in [0, 0.1) is 0 Å². The lowest BCUT2D eigenvalue weighted by atomic mass is 10.3. The number of benzene rings is 2. The van der Waals surface area contributed by atoms with Gasteiger partial charge in [-0.25, -0.2) is 9.97 Å². The first kappa shape index (κ1) is 17.5. The summed E-state index contributed by atoms with van der Waals surface area (Å²) in [6.45, 7) is 2.88. The first-order chi connectivity index (χ1) is 12.8. The molecule has 26 heavy (non-hydrogen) atoms. The van der Waals surface area contributed by atoms with Gasteiger partial charge in [0, 0.05) is 11.4 Å². The number of rotatable bonds is 8. The Morgan fingerprint density at radius 2 is 1.50 bits per heavy atom. The Balaban J connectivity index is 1.69. The molecule has 4 N–H and O–H groups in total. The van der Waals surface area contributed by atoms with Crippen molar-refractivity contribution in [3.63, 3.8) is 0 Å². The third-order valence-corrected chi connectivity index (χ3v) is 3.80. The van der Waals surface area contributed by atoms with Crippen molar-refractivity contribution in [3.05, 3.63) is 60.9 Å². The second-order valence-electron chi connectivity index (χ2n) is 5.83. The maximum atomic E-state index is 6.22. The van der Waals surface area contributed by atoms with Crippen LogP contribution in [0.1, 0.15) is 19.8 Å². The largest absolute Gasteiger partial charge is 0.494 e. The average molecular weight is 349 g/mol. The molecule has 6 heteroatoms. The average Bonchev–Trinajstić information content (AvgIpc) is 2.67. The Labute approximate surface area is 153 Å². The molecule has 1 aromatic heterocycles. The standard InChI is InChI=1S/C20H23N5O/c1-2-3-13-26-17-11-9-16(10-12-17)25-20-18(21)19(22-14-23-20)24-15-7-5-4-6-8-15/h4-12,14H,2-3,13,21H2,1H3,(H2,22,23,24,25). The summed E-state index contributed by atoms with van der Waals surface area (Å²) >= 11 is 0. The molecule has 0 atom stereocenters. The van der Waals surface area contributed by atoms with E-state index in [0.717, 1.165) is 36.6 Å². The van der Waals surface area contributed by atoms with Gasteiger partial charge in [-0.15, -0.1) is 0 Å². The molecule has 0 radical (unpaired) electrons. The van der Waals surface area contributed by atoms with E-state index in [0.29, 0.717) is 17.3 Å². The maximum absolute atomic E-state index is 6.22. The number of ether oxygens (including phenoxy) is 1. The second kappa shape index (κ2) is 8.71. The first-order valence-corrected chi connectivity index (χ1v) is 8.68. The molecule has 134 valence electrons. The quantitative estimate of drug-likeness (QED) is 0.510. The van der Waals surface area contributed by atoms with Gasteiger partial charge in [-0.3, -0.25) is 0 Å². The van der Waals surface area contributed by atoms with E-state index in [1.807, 2.05) is 54.6 Å². The molecule has 0 aliphatic carbocycles. The van der Waals surface area contributed by atoms with E-state index in [1.54, 1.807) is 0 Å². The Bertz CT molecular complexity index is 821. The van der Waals surface area contributed by atoms with Gasteiger partial charge in [-0.05, 0) is 42.8 Å². The van der Waals surface area contributed by atoms with E-state index in [-0.39, 0.29) is 0 Å². The smallest absolute Gasteiger partial charge is 0.159 e. The molecule has 2 aromatic carbocycles. The molecule has 3 rings (SSSR count). The molecule has 6 nitrogen and oxygen atoms in total. The van der Waals surface area contributed by atoms with Crippen LogP contribution in [0.15, 0.2) is 60.9 Å². The summed E-state index contributed by atoms with van der Waals surface area (Å²) in [5, 5.41) is 6.42. The van der Waals surface area contributed by atoms with Crippen molar-refractivity contribution in [2.24, 2.45) is 0 Å². The van der Waals surface area contributed by atoms with Crippen molar-refractivity contribution in [1.82, 2.24) is 9.97 Å². The van der Waals surface area contributed by atoms with Crippen LogP contribution in [0.2, 0.25) is 0 Å². The van der Waals surface area contributed by atoms with Crippen LogP contribution in [0.4, 0.5) is 28.7 Å². The van der Waals surface area contributed by atoms with Gasteiger partial charge in [0.15, 0.2) is 11.6 Å². The van der Waals surface area contributed by atoms with Gasteiger partial charge in [0.05, 0.1) is 6.61 Å². The molecule has 3 aromatic rings. The van der Waals surface area contributed by atoms with Gasteiger partial charge in [-0.2, -0.15) is 0 Å². The van der Waals surface area contributed by atoms with E-state index in [2.05, 4.69) is 27.5 Å². The molecule has 0 fully saturated rings. The van der Waals surface area contributed by atoms with Crippen molar-refractivity contribution in [3.8, 4) is 5.75 Å². The van der Waals surface area contributed by atoms with Crippen molar-refractivity contribution in [2.75, 3.05) is 23.0 Å². The number of nitrogens with zero attached hydrogens (tertiary/aromatic N) is 2. The molecule has 1 heterocycles. The molecule has 0 spiro atoms. The fourth-order valence-corrected chi connectivity index (χ4v) is 2.36. The summed E-state index contributed by atoms with van der Waals surface area (Å²) in [6.07, 6.45) is 3.65. The number of para-hydroxylation sites is 1. The zero-order valence-corrected chi connectivity index (χ0v) is 14.8. The topological polar surface area (TPSA) is 85.1 Å². The number of nitrogens with two attached hydrogens (primary N) is 1. The summed E-state index contributed by atoms with van der Waals surface area (Å²) in [7, 11) is 0. The fraction of sp³-hybridized carbons (Fsp3) is 0.200. The minimum absolute atomic E-state index is 0.458. The lowest BCUT2D eigenvalue weighted by molar-refractivity contribution is 0.309.